The van der Waals surface area contributed by atoms with Crippen molar-refractivity contribution in [1.29, 1.82) is 0 Å². The van der Waals surface area contributed by atoms with Crippen molar-refractivity contribution in [1.82, 2.24) is 15.5 Å². The van der Waals surface area contributed by atoms with Crippen molar-refractivity contribution in [2.24, 2.45) is 0 Å². The second-order valence-corrected chi connectivity index (χ2v) is 4.53. The lowest BCUT2D eigenvalue weighted by Crippen LogP contribution is -2.54. The highest BCUT2D eigenvalue weighted by Gasteiger charge is 2.33. The molecule has 0 aromatic heterocycles. The number of hydrogen-bond acceptors (Lipinski definition) is 2. The summed E-state index contributed by atoms with van der Waals surface area (Å²) in [5, 5.41) is 5.64. The molecule has 102 valence electrons. The molecule has 2 rings (SSSR count). The smallest absolute Gasteiger partial charge is 0.318 e. The van der Waals surface area contributed by atoms with E-state index in [9.17, 15) is 9.59 Å². The van der Waals surface area contributed by atoms with Gasteiger partial charge in [-0.15, -0.1) is 0 Å². The lowest BCUT2D eigenvalue weighted by atomic mass is 10.0. The summed E-state index contributed by atoms with van der Waals surface area (Å²) in [6, 6.07) is 8.67. The van der Waals surface area contributed by atoms with Crippen LogP contribution in [0.25, 0.3) is 0 Å². The summed E-state index contributed by atoms with van der Waals surface area (Å²) < 4.78 is 0. The van der Waals surface area contributed by atoms with Gasteiger partial charge in [-0.05, 0) is 12.0 Å². The van der Waals surface area contributed by atoms with E-state index >= 15 is 0 Å². The first-order valence-corrected chi connectivity index (χ1v) is 6.61. The van der Waals surface area contributed by atoms with Crippen LogP contribution >= 0.6 is 0 Å². The number of benzene rings is 1. The third-order valence-corrected chi connectivity index (χ3v) is 3.11. The monoisotopic (exact) mass is 261 g/mol. The number of rotatable bonds is 3. The maximum atomic E-state index is 12.1. The fraction of sp³-hybridized carbons (Fsp3) is 0.429. The summed E-state index contributed by atoms with van der Waals surface area (Å²) >= 11 is 0. The molecule has 5 heteroatoms. The maximum absolute atomic E-state index is 12.1. The molecule has 5 nitrogen and oxygen atoms in total. The highest BCUT2D eigenvalue weighted by molar-refractivity contribution is 5.89. The average molecular weight is 261 g/mol. The number of carbonyl (C=O) groups is 2. The van der Waals surface area contributed by atoms with Gasteiger partial charge in [0.25, 0.3) is 0 Å². The van der Waals surface area contributed by atoms with Crippen LogP contribution in [-0.2, 0) is 4.79 Å². The molecular weight excluding hydrogens is 242 g/mol. The Morgan fingerprint density at radius 3 is 2.84 bits per heavy atom. The molecule has 0 bridgehead atoms. The Bertz CT molecular complexity index is 447. The minimum Gasteiger partial charge on any atom is -0.352 e. The number of nitrogens with zero attached hydrogens (tertiary/aromatic N) is 1. The van der Waals surface area contributed by atoms with Gasteiger partial charge in [-0.2, -0.15) is 0 Å². The molecule has 3 amide bonds. The van der Waals surface area contributed by atoms with Crippen LogP contribution in [0, 0.1) is 0 Å². The SMILES string of the molecule is CCCNC(=O)N1CCNC(=O)C1c1ccccc1. The molecule has 1 unspecified atom stereocenters. The standard InChI is InChI=1S/C14H19N3O2/c1-2-8-16-14(19)17-10-9-15-13(18)12(17)11-6-4-3-5-7-11/h3-7,12H,2,8-10H2,1H3,(H,15,18)(H,16,19). The Balaban J connectivity index is 2.19. The van der Waals surface area contributed by atoms with Gasteiger partial charge >= 0.3 is 6.03 Å². The topological polar surface area (TPSA) is 61.4 Å². The molecule has 1 aliphatic rings. The summed E-state index contributed by atoms with van der Waals surface area (Å²) in [4.78, 5) is 25.8. The van der Waals surface area contributed by atoms with Gasteiger partial charge in [0, 0.05) is 19.6 Å². The predicted octanol–water partition coefficient (Wildman–Crippen LogP) is 1.28. The summed E-state index contributed by atoms with van der Waals surface area (Å²) in [6.07, 6.45) is 0.877. The first kappa shape index (κ1) is 13.4. The largest absolute Gasteiger partial charge is 0.352 e. The molecule has 1 aromatic carbocycles. The van der Waals surface area contributed by atoms with Crippen LogP contribution in [0.15, 0.2) is 30.3 Å². The first-order chi connectivity index (χ1) is 9.24. The fourth-order valence-electron chi connectivity index (χ4n) is 2.19. The van der Waals surface area contributed by atoms with Crippen molar-refractivity contribution < 1.29 is 9.59 Å². The van der Waals surface area contributed by atoms with Gasteiger partial charge < -0.3 is 15.5 Å². The van der Waals surface area contributed by atoms with Crippen LogP contribution in [0.4, 0.5) is 4.79 Å². The minimum absolute atomic E-state index is 0.121. The highest BCUT2D eigenvalue weighted by Crippen LogP contribution is 2.22. The zero-order valence-corrected chi connectivity index (χ0v) is 11.1. The molecule has 0 saturated carbocycles. The molecule has 1 aromatic rings. The molecule has 2 N–H and O–H groups in total. The lowest BCUT2D eigenvalue weighted by Gasteiger charge is -2.35. The number of carbonyl (C=O) groups excluding carboxylic acids is 2. The van der Waals surface area contributed by atoms with E-state index in [0.29, 0.717) is 19.6 Å². The van der Waals surface area contributed by atoms with Crippen LogP contribution in [-0.4, -0.2) is 36.5 Å². The maximum Gasteiger partial charge on any atom is 0.318 e. The van der Waals surface area contributed by atoms with Gasteiger partial charge in [-0.3, -0.25) is 4.79 Å². The molecule has 1 heterocycles. The van der Waals surface area contributed by atoms with E-state index in [-0.39, 0.29) is 11.9 Å². The number of piperazine rings is 1. The van der Waals surface area contributed by atoms with E-state index < -0.39 is 6.04 Å². The molecule has 19 heavy (non-hydrogen) atoms. The Morgan fingerprint density at radius 1 is 1.42 bits per heavy atom. The van der Waals surface area contributed by atoms with Gasteiger partial charge in [0.05, 0.1) is 0 Å². The van der Waals surface area contributed by atoms with E-state index in [1.165, 1.54) is 0 Å². The summed E-state index contributed by atoms with van der Waals surface area (Å²) in [7, 11) is 0. The fourth-order valence-corrected chi connectivity index (χ4v) is 2.19. The number of nitrogens with one attached hydrogen (secondary N) is 2. The molecule has 0 spiro atoms. The molecule has 0 radical (unpaired) electrons. The second-order valence-electron chi connectivity index (χ2n) is 4.53. The summed E-state index contributed by atoms with van der Waals surface area (Å²) in [5.74, 6) is -0.121. The van der Waals surface area contributed by atoms with Gasteiger partial charge in [0.15, 0.2) is 0 Å². The van der Waals surface area contributed by atoms with Crippen molar-refractivity contribution in [2.45, 2.75) is 19.4 Å². The Hall–Kier alpha value is -2.04. The molecule has 1 fully saturated rings. The first-order valence-electron chi connectivity index (χ1n) is 6.61. The van der Waals surface area contributed by atoms with E-state index in [1.807, 2.05) is 37.3 Å². The van der Waals surface area contributed by atoms with E-state index in [4.69, 9.17) is 0 Å². The van der Waals surface area contributed by atoms with E-state index in [2.05, 4.69) is 10.6 Å². The lowest BCUT2D eigenvalue weighted by molar-refractivity contribution is -0.127. The number of hydrogen-bond donors (Lipinski definition) is 2. The normalized spacial score (nSPS) is 18.9. The summed E-state index contributed by atoms with van der Waals surface area (Å²) in [5.41, 5.74) is 0.839. The van der Waals surface area contributed by atoms with Crippen LogP contribution < -0.4 is 10.6 Å². The van der Waals surface area contributed by atoms with Crippen LogP contribution in [0.5, 0.6) is 0 Å². The Kier molecular flexibility index (Phi) is 4.39. The van der Waals surface area contributed by atoms with Crippen molar-refractivity contribution in [3.8, 4) is 0 Å². The molecular formula is C14H19N3O2. The zero-order chi connectivity index (χ0) is 13.7. The van der Waals surface area contributed by atoms with Crippen LogP contribution in [0.2, 0.25) is 0 Å². The van der Waals surface area contributed by atoms with Crippen LogP contribution in [0.3, 0.4) is 0 Å². The zero-order valence-electron chi connectivity index (χ0n) is 11.1. The quantitative estimate of drug-likeness (QED) is 0.861. The van der Waals surface area contributed by atoms with Gasteiger partial charge in [0.2, 0.25) is 5.91 Å². The van der Waals surface area contributed by atoms with Crippen molar-refractivity contribution in [3.05, 3.63) is 35.9 Å². The highest BCUT2D eigenvalue weighted by atomic mass is 16.2. The third kappa shape index (κ3) is 3.05. The van der Waals surface area contributed by atoms with Gasteiger partial charge in [-0.25, -0.2) is 4.79 Å². The summed E-state index contributed by atoms with van der Waals surface area (Å²) in [6.45, 7) is 3.65. The third-order valence-electron chi connectivity index (χ3n) is 3.11. The predicted molar refractivity (Wildman–Crippen MR) is 72.6 cm³/mol. The van der Waals surface area contributed by atoms with E-state index in [0.717, 1.165) is 12.0 Å². The second kappa shape index (κ2) is 6.22. The number of urea groups is 1. The molecule has 0 aliphatic carbocycles. The van der Waals surface area contributed by atoms with E-state index in [1.54, 1.807) is 4.90 Å². The van der Waals surface area contributed by atoms with Crippen molar-refractivity contribution in [2.75, 3.05) is 19.6 Å². The minimum atomic E-state index is -0.535. The number of amides is 3. The molecule has 1 saturated heterocycles. The molecule has 1 aliphatic heterocycles. The van der Waals surface area contributed by atoms with Crippen molar-refractivity contribution in [3.63, 3.8) is 0 Å². The Labute approximate surface area is 113 Å². The average Bonchev–Trinajstić information content (AvgIpc) is 2.45. The Morgan fingerprint density at radius 2 is 2.16 bits per heavy atom. The van der Waals surface area contributed by atoms with Gasteiger partial charge in [0.1, 0.15) is 6.04 Å². The van der Waals surface area contributed by atoms with Gasteiger partial charge in [-0.1, -0.05) is 37.3 Å². The van der Waals surface area contributed by atoms with Crippen molar-refractivity contribution >= 4 is 11.9 Å². The molecule has 1 atom stereocenters. The van der Waals surface area contributed by atoms with Crippen LogP contribution in [0.1, 0.15) is 24.9 Å².